The number of halogens is 1. The second-order valence-corrected chi connectivity index (χ2v) is 4.82. The van der Waals surface area contributed by atoms with Crippen LogP contribution >= 0.6 is 15.9 Å². The molecule has 2 rings (SSSR count). The third-order valence-corrected chi connectivity index (χ3v) is 3.25. The van der Waals surface area contributed by atoms with E-state index in [1.807, 2.05) is 0 Å². The number of nitrogens with zero attached hydrogens (tertiary/aromatic N) is 2. The first-order valence-electron chi connectivity index (χ1n) is 5.72. The molecular formula is C11H16BrN3O2. The Kier molecular flexibility index (Phi) is 4.56. The Hall–Kier alpha value is -0.880. The Morgan fingerprint density at radius 3 is 3.12 bits per heavy atom. The zero-order valence-electron chi connectivity index (χ0n) is 9.78. The third-order valence-electron chi connectivity index (χ3n) is 2.71. The number of aromatic nitrogens is 2. The molecule has 1 atom stereocenters. The Bertz CT molecular complexity index is 370. The van der Waals surface area contributed by atoms with Crippen LogP contribution in [0.25, 0.3) is 0 Å². The summed E-state index contributed by atoms with van der Waals surface area (Å²) in [6.45, 7) is 1.67. The van der Waals surface area contributed by atoms with Gasteiger partial charge in [0, 0.05) is 6.04 Å². The van der Waals surface area contributed by atoms with E-state index in [0.717, 1.165) is 17.4 Å². The fraction of sp³-hybridized carbons (Fsp3) is 0.636. The molecule has 0 amide bonds. The van der Waals surface area contributed by atoms with Gasteiger partial charge >= 0.3 is 6.01 Å². The van der Waals surface area contributed by atoms with Crippen molar-refractivity contribution in [3.63, 3.8) is 0 Å². The van der Waals surface area contributed by atoms with Crippen LogP contribution in [0.5, 0.6) is 11.9 Å². The van der Waals surface area contributed by atoms with Gasteiger partial charge in [-0.1, -0.05) is 6.42 Å². The molecule has 5 nitrogen and oxygen atoms in total. The van der Waals surface area contributed by atoms with Gasteiger partial charge in [0.1, 0.15) is 6.61 Å². The number of ether oxygens (including phenoxy) is 2. The van der Waals surface area contributed by atoms with Gasteiger partial charge in [0.15, 0.2) is 0 Å². The van der Waals surface area contributed by atoms with Gasteiger partial charge in [0.25, 0.3) is 0 Å². The van der Waals surface area contributed by atoms with Crippen molar-refractivity contribution < 1.29 is 9.47 Å². The average Bonchev–Trinajstić information content (AvgIpc) is 2.39. The molecule has 0 aliphatic carbocycles. The monoisotopic (exact) mass is 301 g/mol. The number of rotatable bonds is 4. The van der Waals surface area contributed by atoms with Crippen LogP contribution in [0.2, 0.25) is 0 Å². The SMILES string of the molecule is COc1nc(OCC2CCCCN2)ncc1Br. The Balaban J connectivity index is 1.89. The number of hydrogen-bond donors (Lipinski definition) is 1. The van der Waals surface area contributed by atoms with Gasteiger partial charge < -0.3 is 14.8 Å². The van der Waals surface area contributed by atoms with Gasteiger partial charge in [0.05, 0.1) is 17.8 Å². The molecule has 0 radical (unpaired) electrons. The lowest BCUT2D eigenvalue weighted by Gasteiger charge is -2.22. The normalized spacial score (nSPS) is 20.0. The van der Waals surface area contributed by atoms with Crippen molar-refractivity contribution >= 4 is 15.9 Å². The van der Waals surface area contributed by atoms with E-state index in [1.165, 1.54) is 12.8 Å². The summed E-state index contributed by atoms with van der Waals surface area (Å²) < 4.78 is 11.4. The highest BCUT2D eigenvalue weighted by molar-refractivity contribution is 9.10. The molecule has 1 aliphatic heterocycles. The van der Waals surface area contributed by atoms with E-state index >= 15 is 0 Å². The van der Waals surface area contributed by atoms with Crippen molar-refractivity contribution in [3.8, 4) is 11.9 Å². The summed E-state index contributed by atoms with van der Waals surface area (Å²) in [6.07, 6.45) is 5.29. The van der Waals surface area contributed by atoms with E-state index in [4.69, 9.17) is 9.47 Å². The van der Waals surface area contributed by atoms with E-state index in [9.17, 15) is 0 Å². The topological polar surface area (TPSA) is 56.3 Å². The van der Waals surface area contributed by atoms with Crippen LogP contribution in [0.4, 0.5) is 0 Å². The summed E-state index contributed by atoms with van der Waals surface area (Å²) in [7, 11) is 1.57. The van der Waals surface area contributed by atoms with Crippen LogP contribution in [0, 0.1) is 0 Å². The predicted molar refractivity (Wildman–Crippen MR) is 67.4 cm³/mol. The summed E-state index contributed by atoms with van der Waals surface area (Å²) in [5.41, 5.74) is 0. The molecule has 6 heteroatoms. The molecule has 0 bridgehead atoms. The Morgan fingerprint density at radius 1 is 1.53 bits per heavy atom. The predicted octanol–water partition coefficient (Wildman–Crippen LogP) is 1.77. The van der Waals surface area contributed by atoms with Crippen LogP contribution in [-0.2, 0) is 0 Å². The maximum atomic E-state index is 5.56. The lowest BCUT2D eigenvalue weighted by molar-refractivity contribution is 0.221. The van der Waals surface area contributed by atoms with E-state index in [2.05, 4.69) is 31.2 Å². The summed E-state index contributed by atoms with van der Waals surface area (Å²) in [5, 5.41) is 3.41. The summed E-state index contributed by atoms with van der Waals surface area (Å²) >= 11 is 3.30. The number of hydrogen-bond acceptors (Lipinski definition) is 5. The Morgan fingerprint density at radius 2 is 2.41 bits per heavy atom. The molecule has 1 N–H and O–H groups in total. The largest absolute Gasteiger partial charge is 0.480 e. The maximum absolute atomic E-state index is 5.56. The first-order valence-corrected chi connectivity index (χ1v) is 6.51. The number of nitrogens with one attached hydrogen (secondary N) is 1. The first kappa shape index (κ1) is 12.6. The second kappa shape index (κ2) is 6.16. The van der Waals surface area contributed by atoms with Gasteiger partial charge in [-0.3, -0.25) is 0 Å². The number of methoxy groups -OCH3 is 1. The van der Waals surface area contributed by atoms with Crippen molar-refractivity contribution in [2.75, 3.05) is 20.3 Å². The minimum absolute atomic E-state index is 0.359. The zero-order valence-corrected chi connectivity index (χ0v) is 11.4. The summed E-state index contributed by atoms with van der Waals surface area (Å²) in [6, 6.07) is 0.763. The van der Waals surface area contributed by atoms with Crippen LogP contribution < -0.4 is 14.8 Å². The molecule has 1 saturated heterocycles. The van der Waals surface area contributed by atoms with E-state index in [0.29, 0.717) is 24.5 Å². The Labute approximate surface area is 109 Å². The van der Waals surface area contributed by atoms with Crippen LogP contribution in [0.1, 0.15) is 19.3 Å². The van der Waals surface area contributed by atoms with Crippen molar-refractivity contribution in [2.45, 2.75) is 25.3 Å². The fourth-order valence-electron chi connectivity index (χ4n) is 1.79. The smallest absolute Gasteiger partial charge is 0.319 e. The fourth-order valence-corrected chi connectivity index (χ4v) is 2.14. The quantitative estimate of drug-likeness (QED) is 0.918. The maximum Gasteiger partial charge on any atom is 0.319 e. The van der Waals surface area contributed by atoms with Crippen LogP contribution in [0.3, 0.4) is 0 Å². The highest BCUT2D eigenvalue weighted by atomic mass is 79.9. The molecule has 0 aromatic carbocycles. The molecule has 1 aromatic heterocycles. The first-order chi connectivity index (χ1) is 8.29. The molecule has 1 aromatic rings. The standard InChI is InChI=1S/C11H16BrN3O2/c1-16-10-9(12)6-14-11(15-10)17-7-8-4-2-3-5-13-8/h6,8,13H,2-5,7H2,1H3. The van der Waals surface area contributed by atoms with Gasteiger partial charge in [-0.2, -0.15) is 4.98 Å². The van der Waals surface area contributed by atoms with Crippen molar-refractivity contribution in [3.05, 3.63) is 10.7 Å². The molecule has 94 valence electrons. The van der Waals surface area contributed by atoms with E-state index < -0.39 is 0 Å². The zero-order chi connectivity index (χ0) is 12.1. The second-order valence-electron chi connectivity index (χ2n) is 3.97. The van der Waals surface area contributed by atoms with E-state index in [-0.39, 0.29) is 0 Å². The van der Waals surface area contributed by atoms with Crippen molar-refractivity contribution in [1.29, 1.82) is 0 Å². The van der Waals surface area contributed by atoms with Gasteiger partial charge in [-0.25, -0.2) is 4.98 Å². The molecule has 1 aliphatic rings. The van der Waals surface area contributed by atoms with Crippen LogP contribution in [0.15, 0.2) is 10.7 Å². The molecule has 0 spiro atoms. The van der Waals surface area contributed by atoms with Crippen LogP contribution in [-0.4, -0.2) is 36.3 Å². The third kappa shape index (κ3) is 3.54. The molecule has 0 saturated carbocycles. The lowest BCUT2D eigenvalue weighted by Crippen LogP contribution is -2.38. The average molecular weight is 302 g/mol. The van der Waals surface area contributed by atoms with Crippen molar-refractivity contribution in [1.82, 2.24) is 15.3 Å². The van der Waals surface area contributed by atoms with Gasteiger partial charge in [-0.05, 0) is 35.3 Å². The molecular weight excluding hydrogens is 286 g/mol. The van der Waals surface area contributed by atoms with Crippen molar-refractivity contribution in [2.24, 2.45) is 0 Å². The molecule has 2 heterocycles. The highest BCUT2D eigenvalue weighted by Crippen LogP contribution is 2.22. The molecule has 1 unspecified atom stereocenters. The number of piperidine rings is 1. The van der Waals surface area contributed by atoms with Gasteiger partial charge in [0.2, 0.25) is 5.88 Å². The molecule has 1 fully saturated rings. The van der Waals surface area contributed by atoms with E-state index in [1.54, 1.807) is 13.3 Å². The minimum Gasteiger partial charge on any atom is -0.480 e. The summed E-state index contributed by atoms with van der Waals surface area (Å²) in [5.74, 6) is 0.492. The lowest BCUT2D eigenvalue weighted by atomic mass is 10.1. The summed E-state index contributed by atoms with van der Waals surface area (Å²) in [4.78, 5) is 8.23. The molecule has 17 heavy (non-hydrogen) atoms. The highest BCUT2D eigenvalue weighted by Gasteiger charge is 2.14. The van der Waals surface area contributed by atoms with Gasteiger partial charge in [-0.15, -0.1) is 0 Å². The minimum atomic E-state index is 0.359.